The molecule has 0 saturated carbocycles. The quantitative estimate of drug-likeness (QED) is 0.115. The number of fused-ring (bicyclic) bond motifs is 1. The van der Waals surface area contributed by atoms with E-state index in [1.54, 1.807) is 44.2 Å². The Morgan fingerprint density at radius 2 is 1.16 bits per heavy atom. The first-order valence-corrected chi connectivity index (χ1v) is 15.8. The number of aromatic hydroxyl groups is 2. The van der Waals surface area contributed by atoms with Gasteiger partial charge in [-0.15, -0.1) is 0 Å². The smallest absolute Gasteiger partial charge is 0.338 e. The molecule has 2 unspecified atom stereocenters. The zero-order valence-corrected chi connectivity index (χ0v) is 27.8. The summed E-state index contributed by atoms with van der Waals surface area (Å²) in [5.41, 5.74) is -0.130. The molecule has 1 aliphatic heterocycles. The van der Waals surface area contributed by atoms with Crippen LogP contribution in [0.4, 0.5) is 0 Å². The summed E-state index contributed by atoms with van der Waals surface area (Å²) < 4.78 is 34.7. The van der Waals surface area contributed by atoms with E-state index in [4.69, 9.17) is 28.4 Å². The highest BCUT2D eigenvalue weighted by Crippen LogP contribution is 2.56. The lowest BCUT2D eigenvalue weighted by Crippen LogP contribution is -2.19. The van der Waals surface area contributed by atoms with E-state index in [2.05, 4.69) is 0 Å². The Morgan fingerprint density at radius 1 is 0.700 bits per heavy atom. The molecule has 12 heteroatoms. The number of rotatable bonds is 9. The van der Waals surface area contributed by atoms with Gasteiger partial charge < -0.3 is 38.6 Å². The van der Waals surface area contributed by atoms with E-state index in [-0.39, 0.29) is 64.2 Å². The maximum Gasteiger partial charge on any atom is 0.338 e. The minimum absolute atomic E-state index is 0.00126. The SMILES string of the molecule is COc1c(O)c2c(=O)cc3c4c5c(cc(=O)c6c(O)c(OC)c(CC(C)OC(=O)c7ccccc7)c(c(c1CC(C)OC(C)=O)c24)c65)OCO3. The zero-order valence-electron chi connectivity index (χ0n) is 27.8. The van der Waals surface area contributed by atoms with Crippen molar-refractivity contribution in [3.63, 3.8) is 0 Å². The predicted octanol–water partition coefficient (Wildman–Crippen LogP) is 5.33. The van der Waals surface area contributed by atoms with E-state index in [0.29, 0.717) is 38.2 Å². The fourth-order valence-corrected chi connectivity index (χ4v) is 7.31. The van der Waals surface area contributed by atoms with Crippen LogP contribution < -0.4 is 29.8 Å². The van der Waals surface area contributed by atoms with E-state index in [0.717, 1.165) is 0 Å². The third kappa shape index (κ3) is 4.89. The first-order valence-electron chi connectivity index (χ1n) is 15.8. The lowest BCUT2D eigenvalue weighted by molar-refractivity contribution is -0.145. The molecule has 2 N–H and O–H groups in total. The van der Waals surface area contributed by atoms with Crippen molar-refractivity contribution in [2.45, 2.75) is 45.8 Å². The van der Waals surface area contributed by atoms with Gasteiger partial charge in [-0.3, -0.25) is 14.4 Å². The topological polar surface area (TPSA) is 164 Å². The van der Waals surface area contributed by atoms with Gasteiger partial charge >= 0.3 is 11.9 Å². The van der Waals surface area contributed by atoms with Gasteiger partial charge in [0, 0.05) is 64.6 Å². The van der Waals surface area contributed by atoms with E-state index < -0.39 is 46.5 Å². The molecule has 1 heterocycles. The van der Waals surface area contributed by atoms with Crippen LogP contribution >= 0.6 is 0 Å². The third-order valence-corrected chi connectivity index (χ3v) is 9.07. The number of hydrogen-bond acceptors (Lipinski definition) is 12. The van der Waals surface area contributed by atoms with Gasteiger partial charge in [0.15, 0.2) is 33.9 Å². The van der Waals surface area contributed by atoms with Crippen molar-refractivity contribution in [1.29, 1.82) is 0 Å². The van der Waals surface area contributed by atoms with E-state index in [1.807, 2.05) is 0 Å². The number of hydrogen-bond donors (Lipinski definition) is 2. The molecule has 1 aliphatic rings. The molecular formula is C38H32O12. The Labute approximate surface area is 283 Å². The van der Waals surface area contributed by atoms with Gasteiger partial charge in [-0.2, -0.15) is 0 Å². The van der Waals surface area contributed by atoms with Crippen LogP contribution in [0.25, 0.3) is 43.1 Å². The van der Waals surface area contributed by atoms with Crippen molar-refractivity contribution in [1.82, 2.24) is 0 Å². The van der Waals surface area contributed by atoms with E-state index >= 15 is 0 Å². The lowest BCUT2D eigenvalue weighted by atomic mass is 9.81. The Balaban J connectivity index is 1.69. The van der Waals surface area contributed by atoms with Gasteiger partial charge in [0.25, 0.3) is 0 Å². The molecule has 0 aliphatic carbocycles. The van der Waals surface area contributed by atoms with Crippen molar-refractivity contribution < 1.29 is 48.2 Å². The highest BCUT2D eigenvalue weighted by molar-refractivity contribution is 6.38. The first kappa shape index (κ1) is 32.5. The van der Waals surface area contributed by atoms with Crippen LogP contribution in [-0.2, 0) is 27.1 Å². The second-order valence-corrected chi connectivity index (χ2v) is 12.3. The molecule has 50 heavy (non-hydrogen) atoms. The van der Waals surface area contributed by atoms with Gasteiger partial charge in [-0.05, 0) is 36.8 Å². The molecule has 6 aromatic rings. The van der Waals surface area contributed by atoms with Gasteiger partial charge in [-0.25, -0.2) is 4.79 Å². The van der Waals surface area contributed by atoms with Crippen LogP contribution in [0.2, 0.25) is 0 Å². The minimum atomic E-state index is -0.806. The number of phenols is 2. The first-order chi connectivity index (χ1) is 24.0. The largest absolute Gasteiger partial charge is 0.504 e. The van der Waals surface area contributed by atoms with Crippen molar-refractivity contribution in [2.75, 3.05) is 21.0 Å². The summed E-state index contributed by atoms with van der Waals surface area (Å²) in [5.74, 6) is -1.82. The molecule has 0 radical (unpaired) electrons. The zero-order chi connectivity index (χ0) is 35.6. The number of ether oxygens (including phenoxy) is 6. The van der Waals surface area contributed by atoms with E-state index in [1.165, 1.54) is 33.3 Å². The van der Waals surface area contributed by atoms with Crippen LogP contribution in [0.15, 0.2) is 52.1 Å². The normalized spacial score (nSPS) is 13.6. The van der Waals surface area contributed by atoms with Gasteiger partial charge in [0.05, 0.1) is 30.6 Å². The average molecular weight is 681 g/mol. The molecular weight excluding hydrogens is 648 g/mol. The second-order valence-electron chi connectivity index (χ2n) is 12.3. The van der Waals surface area contributed by atoms with Crippen LogP contribution in [0.1, 0.15) is 42.3 Å². The van der Waals surface area contributed by atoms with Crippen LogP contribution in [0.3, 0.4) is 0 Å². The highest BCUT2D eigenvalue weighted by atomic mass is 16.7. The number of carbonyl (C=O) groups is 2. The number of carbonyl (C=O) groups excluding carboxylic acids is 2. The maximum absolute atomic E-state index is 13.9. The molecule has 0 bridgehead atoms. The molecule has 0 aromatic heterocycles. The Hall–Kier alpha value is -6.04. The second kappa shape index (κ2) is 12.1. The maximum atomic E-state index is 13.9. The number of esters is 2. The monoisotopic (exact) mass is 680 g/mol. The molecule has 0 fully saturated rings. The van der Waals surface area contributed by atoms with Crippen molar-refractivity contribution >= 4 is 55.0 Å². The summed E-state index contributed by atoms with van der Waals surface area (Å²) in [6.07, 6.45) is -1.58. The van der Waals surface area contributed by atoms with Crippen LogP contribution in [0, 0.1) is 0 Å². The molecule has 6 aromatic carbocycles. The fraction of sp³-hybridized carbons (Fsp3) is 0.263. The molecule has 256 valence electrons. The van der Waals surface area contributed by atoms with Crippen LogP contribution in [0.5, 0.6) is 34.5 Å². The molecule has 2 atom stereocenters. The molecule has 0 saturated heterocycles. The average Bonchev–Trinajstić information content (AvgIpc) is 3.24. The summed E-state index contributed by atoms with van der Waals surface area (Å²) in [6, 6.07) is 10.9. The molecule has 0 amide bonds. The minimum Gasteiger partial charge on any atom is -0.504 e. The highest BCUT2D eigenvalue weighted by Gasteiger charge is 2.34. The van der Waals surface area contributed by atoms with Crippen LogP contribution in [-0.4, -0.2) is 55.4 Å². The Morgan fingerprint density at radius 3 is 1.60 bits per heavy atom. The Bertz CT molecular complexity index is 2470. The third-order valence-electron chi connectivity index (χ3n) is 9.07. The van der Waals surface area contributed by atoms with Gasteiger partial charge in [0.1, 0.15) is 23.7 Å². The number of phenolic OH excluding ortho intramolecular Hbond substituents is 2. The lowest BCUT2D eigenvalue weighted by Gasteiger charge is -2.26. The summed E-state index contributed by atoms with van der Waals surface area (Å²) in [4.78, 5) is 52.8. The molecule has 12 nitrogen and oxygen atoms in total. The van der Waals surface area contributed by atoms with E-state index in [9.17, 15) is 29.4 Å². The molecule has 7 rings (SSSR count). The summed E-state index contributed by atoms with van der Waals surface area (Å²) >= 11 is 0. The van der Waals surface area contributed by atoms with Crippen molar-refractivity contribution in [2.24, 2.45) is 0 Å². The summed E-state index contributed by atoms with van der Waals surface area (Å²) in [6.45, 7) is 4.28. The summed E-state index contributed by atoms with van der Waals surface area (Å²) in [5, 5.41) is 25.3. The number of benzene rings is 6. The predicted molar refractivity (Wildman–Crippen MR) is 184 cm³/mol. The van der Waals surface area contributed by atoms with Crippen molar-refractivity contribution in [3.8, 4) is 34.5 Å². The Kier molecular flexibility index (Phi) is 7.89. The van der Waals surface area contributed by atoms with Gasteiger partial charge in [0.2, 0.25) is 6.79 Å². The fourth-order valence-electron chi connectivity index (χ4n) is 7.31. The van der Waals surface area contributed by atoms with Gasteiger partial charge in [-0.1, -0.05) is 18.2 Å². The van der Waals surface area contributed by atoms with Crippen molar-refractivity contribution in [3.05, 3.63) is 79.6 Å². The standard InChI is InChI=1S/C38H32O12/c1-16(49-18(3)39)11-20-26-27-21(12-17(2)50-38(44)19-9-7-6-8-10-19)37(46-5)35(43)29-23(41)14-25-31(33(27)29)30-24(47-15-48-25)13-22(40)28(32(26)30)34(42)36(20)45-4/h6-10,13-14,16-17,42-43H,11-12,15H2,1-5H3. The summed E-state index contributed by atoms with van der Waals surface area (Å²) in [7, 11) is 2.67. The number of methoxy groups -OCH3 is 2. The molecule has 0 spiro atoms.